The molecule has 1 fully saturated rings. The number of nitrogens with one attached hydrogen (secondary N) is 1. The third-order valence-electron chi connectivity index (χ3n) is 2.93. The van der Waals surface area contributed by atoms with Gasteiger partial charge in [-0.2, -0.15) is 18.3 Å². The molecule has 1 aliphatic rings. The molecule has 1 N–H and O–H groups in total. The van der Waals surface area contributed by atoms with Crippen molar-refractivity contribution in [2.24, 2.45) is 7.05 Å². The topological polar surface area (TPSA) is 29.9 Å². The molecule has 0 radical (unpaired) electrons. The van der Waals surface area contributed by atoms with Crippen LogP contribution in [0, 0.1) is 0 Å². The molecule has 2 rings (SSSR count). The van der Waals surface area contributed by atoms with E-state index in [1.807, 2.05) is 6.20 Å². The van der Waals surface area contributed by atoms with Crippen molar-refractivity contribution in [3.05, 3.63) is 18.0 Å². The van der Waals surface area contributed by atoms with Crippen LogP contribution >= 0.6 is 0 Å². The summed E-state index contributed by atoms with van der Waals surface area (Å²) < 4.78 is 39.3. The minimum atomic E-state index is -4.12. The van der Waals surface area contributed by atoms with Gasteiger partial charge in [0.05, 0.1) is 6.20 Å². The molecule has 0 aliphatic heterocycles. The second-order valence-electron chi connectivity index (χ2n) is 4.28. The van der Waals surface area contributed by atoms with Crippen molar-refractivity contribution in [3.8, 4) is 0 Å². The quantitative estimate of drug-likeness (QED) is 0.857. The molecule has 90 valence electrons. The van der Waals surface area contributed by atoms with E-state index in [1.54, 1.807) is 17.9 Å². The third kappa shape index (κ3) is 2.21. The molecule has 3 nitrogen and oxygen atoms in total. The van der Waals surface area contributed by atoms with E-state index in [1.165, 1.54) is 0 Å². The fourth-order valence-electron chi connectivity index (χ4n) is 1.73. The molecular formula is C10H14F3N3. The number of rotatable bonds is 4. The lowest BCUT2D eigenvalue weighted by Crippen LogP contribution is -2.45. The van der Waals surface area contributed by atoms with Gasteiger partial charge in [-0.3, -0.25) is 4.68 Å². The van der Waals surface area contributed by atoms with Gasteiger partial charge in [0.25, 0.3) is 0 Å². The van der Waals surface area contributed by atoms with E-state index in [9.17, 15) is 13.2 Å². The molecule has 0 spiro atoms. The first-order chi connectivity index (χ1) is 7.43. The lowest BCUT2D eigenvalue weighted by molar-refractivity contribution is -0.165. The number of alkyl halides is 3. The molecule has 1 aliphatic carbocycles. The number of hydrogen-bond acceptors (Lipinski definition) is 2. The second kappa shape index (κ2) is 3.76. The molecule has 16 heavy (non-hydrogen) atoms. The van der Waals surface area contributed by atoms with Crippen LogP contribution in [-0.2, 0) is 13.5 Å². The first kappa shape index (κ1) is 11.4. The number of nitrogens with zero attached hydrogens (tertiary/aromatic N) is 2. The zero-order valence-electron chi connectivity index (χ0n) is 9.01. The standard InChI is InChI=1S/C10H14F3N3/c1-16-7-8(6-15-16)2-5-14-9(3-4-9)10(11,12)13/h6-7,14H,2-5H2,1H3. The Balaban J connectivity index is 1.81. The van der Waals surface area contributed by atoms with E-state index < -0.39 is 11.7 Å². The van der Waals surface area contributed by atoms with E-state index in [2.05, 4.69) is 10.4 Å². The summed E-state index contributed by atoms with van der Waals surface area (Å²) in [6.45, 7) is 0.338. The Morgan fingerprint density at radius 2 is 2.19 bits per heavy atom. The van der Waals surface area contributed by atoms with Gasteiger partial charge in [-0.05, 0) is 24.8 Å². The van der Waals surface area contributed by atoms with Gasteiger partial charge < -0.3 is 5.32 Å². The Morgan fingerprint density at radius 1 is 1.50 bits per heavy atom. The van der Waals surface area contributed by atoms with Crippen LogP contribution in [0.5, 0.6) is 0 Å². The van der Waals surface area contributed by atoms with Gasteiger partial charge in [-0.15, -0.1) is 0 Å². The Bertz CT molecular complexity index is 366. The number of hydrogen-bond donors (Lipinski definition) is 1. The fraction of sp³-hybridized carbons (Fsp3) is 0.700. The van der Waals surface area contributed by atoms with Crippen molar-refractivity contribution in [1.29, 1.82) is 0 Å². The van der Waals surface area contributed by atoms with Crippen LogP contribution in [0.25, 0.3) is 0 Å². The zero-order chi connectivity index (χ0) is 11.8. The van der Waals surface area contributed by atoms with Crippen LogP contribution in [0.1, 0.15) is 18.4 Å². The molecule has 0 unspecified atom stereocenters. The average molecular weight is 233 g/mol. The summed E-state index contributed by atoms with van der Waals surface area (Å²) in [5.74, 6) is 0. The maximum atomic E-state index is 12.5. The average Bonchev–Trinajstić information content (AvgIpc) is 2.85. The molecule has 1 saturated carbocycles. The minimum absolute atomic E-state index is 0.198. The monoisotopic (exact) mass is 233 g/mol. The maximum absolute atomic E-state index is 12.5. The Hall–Kier alpha value is -1.04. The highest BCUT2D eigenvalue weighted by Crippen LogP contribution is 2.48. The van der Waals surface area contributed by atoms with Crippen LogP contribution in [-0.4, -0.2) is 28.0 Å². The highest BCUT2D eigenvalue weighted by molar-refractivity contribution is 5.09. The second-order valence-corrected chi connectivity index (χ2v) is 4.28. The van der Waals surface area contributed by atoms with Gasteiger partial charge in [0.15, 0.2) is 0 Å². The molecule has 1 aromatic heterocycles. The third-order valence-corrected chi connectivity index (χ3v) is 2.93. The normalized spacial score (nSPS) is 18.8. The van der Waals surface area contributed by atoms with Gasteiger partial charge >= 0.3 is 6.18 Å². The predicted molar refractivity (Wildman–Crippen MR) is 52.9 cm³/mol. The van der Waals surface area contributed by atoms with E-state index in [4.69, 9.17) is 0 Å². The number of aryl methyl sites for hydroxylation is 1. The molecule has 0 bridgehead atoms. The summed E-state index contributed by atoms with van der Waals surface area (Å²) >= 11 is 0. The smallest absolute Gasteiger partial charge is 0.303 e. The van der Waals surface area contributed by atoms with Crippen molar-refractivity contribution in [2.75, 3.05) is 6.54 Å². The summed E-state index contributed by atoms with van der Waals surface area (Å²) in [6, 6.07) is 0. The van der Waals surface area contributed by atoms with E-state index in [0.29, 0.717) is 13.0 Å². The minimum Gasteiger partial charge on any atom is -0.303 e. The van der Waals surface area contributed by atoms with E-state index in [0.717, 1.165) is 5.56 Å². The molecule has 1 heterocycles. The highest BCUT2D eigenvalue weighted by Gasteiger charge is 2.62. The van der Waals surface area contributed by atoms with Crippen LogP contribution < -0.4 is 5.32 Å². The van der Waals surface area contributed by atoms with Crippen molar-refractivity contribution in [3.63, 3.8) is 0 Å². The predicted octanol–water partition coefficient (Wildman–Crippen LogP) is 1.65. The van der Waals surface area contributed by atoms with Gasteiger partial charge in [0.2, 0.25) is 0 Å². The number of aromatic nitrogens is 2. The van der Waals surface area contributed by atoms with Crippen LogP contribution in [0.15, 0.2) is 12.4 Å². The first-order valence-electron chi connectivity index (χ1n) is 5.22. The van der Waals surface area contributed by atoms with Gasteiger partial charge in [-0.25, -0.2) is 0 Å². The van der Waals surface area contributed by atoms with E-state index >= 15 is 0 Å². The van der Waals surface area contributed by atoms with Crippen molar-refractivity contribution in [1.82, 2.24) is 15.1 Å². The fourth-order valence-corrected chi connectivity index (χ4v) is 1.73. The van der Waals surface area contributed by atoms with Gasteiger partial charge in [0.1, 0.15) is 5.54 Å². The van der Waals surface area contributed by atoms with Crippen LogP contribution in [0.2, 0.25) is 0 Å². The van der Waals surface area contributed by atoms with Crippen molar-refractivity contribution >= 4 is 0 Å². The molecule has 0 amide bonds. The first-order valence-corrected chi connectivity index (χ1v) is 5.22. The molecule has 0 aromatic carbocycles. The van der Waals surface area contributed by atoms with Crippen molar-refractivity contribution in [2.45, 2.75) is 31.0 Å². The van der Waals surface area contributed by atoms with Gasteiger partial charge in [0, 0.05) is 19.8 Å². The Kier molecular flexibility index (Phi) is 2.69. The summed E-state index contributed by atoms with van der Waals surface area (Å²) in [7, 11) is 1.79. The summed E-state index contributed by atoms with van der Waals surface area (Å²) in [5.41, 5.74) is -0.650. The van der Waals surface area contributed by atoms with E-state index in [-0.39, 0.29) is 12.8 Å². The summed E-state index contributed by atoms with van der Waals surface area (Å²) in [6.07, 6.45) is 0.338. The summed E-state index contributed by atoms with van der Waals surface area (Å²) in [5, 5.41) is 6.57. The maximum Gasteiger partial charge on any atom is 0.406 e. The highest BCUT2D eigenvalue weighted by atomic mass is 19.4. The number of halogens is 3. The molecular weight excluding hydrogens is 219 g/mol. The van der Waals surface area contributed by atoms with Crippen LogP contribution in [0.3, 0.4) is 0 Å². The summed E-state index contributed by atoms with van der Waals surface area (Å²) in [4.78, 5) is 0. The zero-order valence-corrected chi connectivity index (χ0v) is 9.01. The van der Waals surface area contributed by atoms with Crippen molar-refractivity contribution < 1.29 is 13.2 Å². The largest absolute Gasteiger partial charge is 0.406 e. The molecule has 0 saturated heterocycles. The SMILES string of the molecule is Cn1cc(CCNC2(C(F)(F)F)CC2)cn1. The van der Waals surface area contributed by atoms with Gasteiger partial charge in [-0.1, -0.05) is 0 Å². The molecule has 0 atom stereocenters. The lowest BCUT2D eigenvalue weighted by atomic mass is 10.2. The Morgan fingerprint density at radius 3 is 2.62 bits per heavy atom. The molecule has 1 aromatic rings. The lowest BCUT2D eigenvalue weighted by Gasteiger charge is -2.20. The Labute approximate surface area is 91.6 Å². The van der Waals surface area contributed by atoms with Crippen LogP contribution in [0.4, 0.5) is 13.2 Å². The molecule has 6 heteroatoms.